The van der Waals surface area contributed by atoms with Crippen LogP contribution in [0.5, 0.6) is 11.5 Å². The van der Waals surface area contributed by atoms with Crippen LogP contribution >= 0.6 is 0 Å². The molecule has 8 nitrogen and oxygen atoms in total. The number of rotatable bonds is 4. The second-order valence-electron chi connectivity index (χ2n) is 7.00. The molecule has 1 unspecified atom stereocenters. The minimum Gasteiger partial charge on any atom is -0.490 e. The molecule has 8 heteroatoms. The van der Waals surface area contributed by atoms with E-state index in [-0.39, 0.29) is 18.4 Å². The number of aromatic nitrogens is 4. The molecule has 0 radical (unpaired) electrons. The highest BCUT2D eigenvalue weighted by molar-refractivity contribution is 5.78. The molecular weight excluding hydrogens is 358 g/mol. The zero-order chi connectivity index (χ0) is 19.7. The second-order valence-corrected chi connectivity index (χ2v) is 7.00. The molecule has 1 aromatic carbocycles. The maximum Gasteiger partial charge on any atom is 0.252 e. The third kappa shape index (κ3) is 3.76. The molecule has 1 aliphatic heterocycles. The van der Waals surface area contributed by atoms with Crippen LogP contribution < -0.4 is 14.8 Å². The fourth-order valence-electron chi connectivity index (χ4n) is 3.25. The second kappa shape index (κ2) is 7.46. The van der Waals surface area contributed by atoms with Gasteiger partial charge in [0, 0.05) is 17.8 Å². The van der Waals surface area contributed by atoms with Gasteiger partial charge in [0.1, 0.15) is 0 Å². The topological polar surface area (TPSA) is 90.6 Å². The molecule has 1 atom stereocenters. The van der Waals surface area contributed by atoms with E-state index < -0.39 is 0 Å². The van der Waals surface area contributed by atoms with E-state index in [1.165, 1.54) is 0 Å². The summed E-state index contributed by atoms with van der Waals surface area (Å²) in [7, 11) is 0. The number of carbonyl (C=O) groups is 1. The quantitative estimate of drug-likeness (QED) is 0.746. The van der Waals surface area contributed by atoms with E-state index in [0.717, 1.165) is 34.9 Å². The van der Waals surface area contributed by atoms with Crippen LogP contribution in [0.25, 0.3) is 5.78 Å². The standard InChI is InChI=1S/C20H23N5O3/c1-12-9-13(2)25-20(21-12)23-18(24-25)11-19(26)22-14(3)15-5-6-16-17(10-15)28-8-4-7-27-16/h5-6,9-10,14H,4,7-8,11H2,1-3H3,(H,22,26). The van der Waals surface area contributed by atoms with Gasteiger partial charge in [-0.2, -0.15) is 4.98 Å². The first-order chi connectivity index (χ1) is 13.5. The van der Waals surface area contributed by atoms with E-state index in [1.54, 1.807) is 4.52 Å². The Hall–Kier alpha value is -3.16. The van der Waals surface area contributed by atoms with Crippen molar-refractivity contribution in [2.24, 2.45) is 0 Å². The Bertz CT molecular complexity index is 1030. The first-order valence-corrected chi connectivity index (χ1v) is 9.38. The SMILES string of the molecule is Cc1cc(C)n2nc(CC(=O)NC(C)c3ccc4c(c3)OCCCO4)nc2n1. The van der Waals surface area contributed by atoms with Crippen LogP contribution in [0.4, 0.5) is 0 Å². The van der Waals surface area contributed by atoms with Crippen LogP contribution in [-0.4, -0.2) is 38.7 Å². The first-order valence-electron chi connectivity index (χ1n) is 9.38. The lowest BCUT2D eigenvalue weighted by Crippen LogP contribution is -2.28. The zero-order valence-corrected chi connectivity index (χ0v) is 16.2. The Labute approximate surface area is 162 Å². The summed E-state index contributed by atoms with van der Waals surface area (Å²) in [5.74, 6) is 2.27. The fourth-order valence-corrected chi connectivity index (χ4v) is 3.25. The van der Waals surface area contributed by atoms with Crippen LogP contribution in [0.1, 0.15) is 42.2 Å². The van der Waals surface area contributed by atoms with Gasteiger partial charge < -0.3 is 14.8 Å². The van der Waals surface area contributed by atoms with E-state index in [2.05, 4.69) is 20.4 Å². The van der Waals surface area contributed by atoms with Gasteiger partial charge in [0.05, 0.1) is 25.7 Å². The van der Waals surface area contributed by atoms with Gasteiger partial charge >= 0.3 is 0 Å². The highest BCUT2D eigenvalue weighted by Gasteiger charge is 2.17. The highest BCUT2D eigenvalue weighted by Crippen LogP contribution is 2.32. The van der Waals surface area contributed by atoms with Crippen molar-refractivity contribution in [2.75, 3.05) is 13.2 Å². The van der Waals surface area contributed by atoms with Crippen molar-refractivity contribution >= 4 is 11.7 Å². The number of nitrogens with zero attached hydrogens (tertiary/aromatic N) is 4. The van der Waals surface area contributed by atoms with Crippen molar-refractivity contribution in [1.29, 1.82) is 0 Å². The number of amides is 1. The lowest BCUT2D eigenvalue weighted by atomic mass is 10.1. The van der Waals surface area contributed by atoms with Crippen molar-refractivity contribution in [3.63, 3.8) is 0 Å². The summed E-state index contributed by atoms with van der Waals surface area (Å²) in [5.41, 5.74) is 2.76. The number of hydrogen-bond acceptors (Lipinski definition) is 6. The van der Waals surface area contributed by atoms with Gasteiger partial charge in [0.25, 0.3) is 5.78 Å². The number of carbonyl (C=O) groups excluding carboxylic acids is 1. The van der Waals surface area contributed by atoms with E-state index in [9.17, 15) is 4.79 Å². The summed E-state index contributed by atoms with van der Waals surface area (Å²) in [6.07, 6.45) is 0.951. The number of benzene rings is 1. The average molecular weight is 381 g/mol. The van der Waals surface area contributed by atoms with Crippen molar-refractivity contribution in [2.45, 2.75) is 39.7 Å². The van der Waals surface area contributed by atoms with Crippen LogP contribution in [0.15, 0.2) is 24.3 Å². The normalized spacial score (nSPS) is 14.5. The largest absolute Gasteiger partial charge is 0.490 e. The number of nitrogens with one attached hydrogen (secondary N) is 1. The van der Waals surface area contributed by atoms with Gasteiger partial charge in [-0.3, -0.25) is 4.79 Å². The molecule has 0 aliphatic carbocycles. The summed E-state index contributed by atoms with van der Waals surface area (Å²) in [5, 5.41) is 7.38. The van der Waals surface area contributed by atoms with Crippen LogP contribution in [0, 0.1) is 13.8 Å². The zero-order valence-electron chi connectivity index (χ0n) is 16.2. The number of hydrogen-bond donors (Lipinski definition) is 1. The Morgan fingerprint density at radius 3 is 2.79 bits per heavy atom. The molecule has 0 saturated heterocycles. The van der Waals surface area contributed by atoms with Crippen molar-refractivity contribution in [1.82, 2.24) is 24.9 Å². The molecular formula is C20H23N5O3. The number of aryl methyl sites for hydroxylation is 2. The molecule has 4 rings (SSSR count). The highest BCUT2D eigenvalue weighted by atomic mass is 16.5. The van der Waals surface area contributed by atoms with Gasteiger partial charge in [-0.1, -0.05) is 6.07 Å². The monoisotopic (exact) mass is 381 g/mol. The maximum atomic E-state index is 12.5. The van der Waals surface area contributed by atoms with Crippen molar-refractivity contribution < 1.29 is 14.3 Å². The van der Waals surface area contributed by atoms with Gasteiger partial charge in [0.2, 0.25) is 5.91 Å². The Morgan fingerprint density at radius 2 is 1.96 bits per heavy atom. The fraction of sp³-hybridized carbons (Fsp3) is 0.400. The molecule has 3 heterocycles. The minimum atomic E-state index is -0.177. The first kappa shape index (κ1) is 18.2. The third-order valence-electron chi connectivity index (χ3n) is 4.63. The lowest BCUT2D eigenvalue weighted by molar-refractivity contribution is -0.121. The van der Waals surface area contributed by atoms with Crippen molar-refractivity contribution in [3.05, 3.63) is 47.0 Å². The molecule has 1 aliphatic rings. The van der Waals surface area contributed by atoms with Crippen molar-refractivity contribution in [3.8, 4) is 11.5 Å². The van der Waals surface area contributed by atoms with Gasteiger partial charge in [-0.15, -0.1) is 5.10 Å². The van der Waals surface area contributed by atoms with Crippen LogP contribution in [-0.2, 0) is 11.2 Å². The smallest absolute Gasteiger partial charge is 0.252 e. The molecule has 0 fully saturated rings. The van der Waals surface area contributed by atoms with E-state index in [4.69, 9.17) is 9.47 Å². The average Bonchev–Trinajstić information content (AvgIpc) is 2.89. The van der Waals surface area contributed by atoms with E-state index in [1.807, 2.05) is 45.0 Å². The summed E-state index contributed by atoms with van der Waals surface area (Å²) >= 11 is 0. The van der Waals surface area contributed by atoms with E-state index in [0.29, 0.717) is 24.8 Å². The molecule has 0 spiro atoms. The predicted molar refractivity (Wildman–Crippen MR) is 103 cm³/mol. The van der Waals surface area contributed by atoms with Crippen LogP contribution in [0.2, 0.25) is 0 Å². The molecule has 0 bridgehead atoms. The molecule has 28 heavy (non-hydrogen) atoms. The van der Waals surface area contributed by atoms with Gasteiger partial charge in [-0.25, -0.2) is 9.50 Å². The Kier molecular flexibility index (Phi) is 4.85. The predicted octanol–water partition coefficient (Wildman–Crippen LogP) is 2.32. The summed E-state index contributed by atoms with van der Waals surface area (Å²) < 4.78 is 13.0. The molecule has 2 aromatic heterocycles. The third-order valence-corrected chi connectivity index (χ3v) is 4.63. The molecule has 1 N–H and O–H groups in total. The minimum absolute atomic E-state index is 0.0940. The Morgan fingerprint density at radius 1 is 1.18 bits per heavy atom. The number of fused-ring (bicyclic) bond motifs is 2. The summed E-state index contributed by atoms with van der Waals surface area (Å²) in [4.78, 5) is 21.2. The molecule has 1 amide bonds. The summed E-state index contributed by atoms with van der Waals surface area (Å²) in [6.45, 7) is 7.06. The Balaban J connectivity index is 1.45. The number of ether oxygens (including phenoxy) is 2. The maximum absolute atomic E-state index is 12.5. The lowest BCUT2D eigenvalue weighted by Gasteiger charge is -2.16. The molecule has 146 valence electrons. The van der Waals surface area contributed by atoms with Crippen LogP contribution in [0.3, 0.4) is 0 Å². The molecule has 0 saturated carbocycles. The van der Waals surface area contributed by atoms with E-state index >= 15 is 0 Å². The summed E-state index contributed by atoms with van der Waals surface area (Å²) in [6, 6.07) is 7.50. The molecule has 3 aromatic rings. The van der Waals surface area contributed by atoms with Gasteiger partial charge in [-0.05, 0) is 44.5 Å². The van der Waals surface area contributed by atoms with Gasteiger partial charge in [0.15, 0.2) is 17.3 Å².